The predicted octanol–water partition coefficient (Wildman–Crippen LogP) is 5.67. The van der Waals surface area contributed by atoms with Gasteiger partial charge in [0.1, 0.15) is 0 Å². The van der Waals surface area contributed by atoms with Crippen LogP contribution in [-0.2, 0) is 40.9 Å². The summed E-state index contributed by atoms with van der Waals surface area (Å²) < 4.78 is 34.6. The molecule has 0 N–H and O–H groups in total. The lowest BCUT2D eigenvalue weighted by atomic mass is 10.2. The molecule has 7 heteroatoms. The summed E-state index contributed by atoms with van der Waals surface area (Å²) in [6, 6.07) is 18.9. The largest absolute Gasteiger partial charge is 0.475 e. The van der Waals surface area contributed by atoms with E-state index in [1.165, 1.54) is 0 Å². The van der Waals surface area contributed by atoms with Gasteiger partial charge in [-0.25, -0.2) is 4.57 Å². The van der Waals surface area contributed by atoms with Gasteiger partial charge in [-0.1, -0.05) is 67.1 Å². The number of hydrogen-bond donors (Lipinski definition) is 0. The summed E-state index contributed by atoms with van der Waals surface area (Å²) in [4.78, 5) is 11.3. The molecule has 2 rings (SSSR count). The number of phosphoric acid groups is 1. The van der Waals surface area contributed by atoms with Crippen LogP contribution < -0.4 is 0 Å². The van der Waals surface area contributed by atoms with Crippen LogP contribution in [0.2, 0.25) is 0 Å². The Hall–Kier alpha value is -1.98. The van der Waals surface area contributed by atoms with Gasteiger partial charge in [-0.2, -0.15) is 0 Å². The quantitative estimate of drug-likeness (QED) is 0.223. The summed E-state index contributed by atoms with van der Waals surface area (Å²) in [5.41, 5.74) is 1.77. The average Bonchev–Trinajstić information content (AvgIpc) is 2.75. The van der Waals surface area contributed by atoms with Crippen LogP contribution in [0.4, 0.5) is 0 Å². The first-order valence-corrected chi connectivity index (χ1v) is 11.3. The predicted molar refractivity (Wildman–Crippen MR) is 111 cm³/mol. The summed E-state index contributed by atoms with van der Waals surface area (Å²) in [5, 5.41) is 0. The van der Waals surface area contributed by atoms with Gasteiger partial charge >= 0.3 is 13.8 Å². The molecule has 2 aromatic carbocycles. The van der Waals surface area contributed by atoms with E-state index in [0.29, 0.717) is 25.9 Å². The second-order valence-corrected chi connectivity index (χ2v) is 8.08. The fourth-order valence-corrected chi connectivity index (χ4v) is 3.72. The van der Waals surface area contributed by atoms with E-state index in [0.717, 1.165) is 17.5 Å². The average molecular weight is 420 g/mol. The molecule has 0 aliphatic rings. The van der Waals surface area contributed by atoms with E-state index in [1.807, 2.05) is 60.7 Å². The smallest absolute Gasteiger partial charge is 0.466 e. The van der Waals surface area contributed by atoms with Crippen molar-refractivity contribution in [3.8, 4) is 0 Å². The standard InChI is InChI=1S/C22H29O6P/c1-2-25-22(23)16-10-5-11-17-26-29(24,27-18-20-12-6-3-7-13-20)28-19-21-14-8-4-9-15-21/h3-4,6-9,12-15H,2,5,10-11,16-19H2,1H3. The Bertz CT molecular complexity index is 703. The Morgan fingerprint density at radius 3 is 1.86 bits per heavy atom. The maximum atomic E-state index is 13.0. The van der Waals surface area contributed by atoms with Crippen molar-refractivity contribution in [2.75, 3.05) is 13.2 Å². The molecule has 2 aromatic rings. The fourth-order valence-electron chi connectivity index (χ4n) is 2.53. The molecule has 0 saturated carbocycles. The molecular weight excluding hydrogens is 391 g/mol. The lowest BCUT2D eigenvalue weighted by Crippen LogP contribution is -2.04. The summed E-state index contributed by atoms with van der Waals surface area (Å²) in [6.45, 7) is 2.67. The van der Waals surface area contributed by atoms with Crippen molar-refractivity contribution < 1.29 is 27.7 Å². The minimum atomic E-state index is -3.72. The van der Waals surface area contributed by atoms with E-state index in [-0.39, 0.29) is 25.8 Å². The van der Waals surface area contributed by atoms with Crippen molar-refractivity contribution in [1.82, 2.24) is 0 Å². The minimum Gasteiger partial charge on any atom is -0.466 e. The van der Waals surface area contributed by atoms with Gasteiger partial charge < -0.3 is 4.74 Å². The van der Waals surface area contributed by atoms with E-state index in [9.17, 15) is 9.36 Å². The molecule has 0 bridgehead atoms. The molecule has 0 aliphatic carbocycles. The molecule has 0 amide bonds. The highest BCUT2D eigenvalue weighted by molar-refractivity contribution is 7.48. The molecule has 0 spiro atoms. The molecule has 0 fully saturated rings. The Kier molecular flexibility index (Phi) is 10.7. The van der Waals surface area contributed by atoms with Gasteiger partial charge in [-0.3, -0.25) is 18.4 Å². The number of hydrogen-bond acceptors (Lipinski definition) is 6. The number of carbonyl (C=O) groups is 1. The molecule has 0 aliphatic heterocycles. The highest BCUT2D eigenvalue weighted by Gasteiger charge is 2.26. The summed E-state index contributed by atoms with van der Waals surface area (Å²) in [6.07, 6.45) is 2.48. The van der Waals surface area contributed by atoms with Crippen LogP contribution in [-0.4, -0.2) is 19.2 Å². The van der Waals surface area contributed by atoms with Crippen molar-refractivity contribution in [1.29, 1.82) is 0 Å². The zero-order valence-electron chi connectivity index (χ0n) is 16.8. The van der Waals surface area contributed by atoms with Crippen LogP contribution in [0.3, 0.4) is 0 Å². The third kappa shape index (κ3) is 9.86. The van der Waals surface area contributed by atoms with E-state index in [2.05, 4.69) is 0 Å². The third-order valence-electron chi connectivity index (χ3n) is 4.04. The van der Waals surface area contributed by atoms with Crippen molar-refractivity contribution in [3.05, 3.63) is 71.8 Å². The monoisotopic (exact) mass is 420 g/mol. The third-order valence-corrected chi connectivity index (χ3v) is 5.43. The Balaban J connectivity index is 1.81. The van der Waals surface area contributed by atoms with Crippen molar-refractivity contribution in [2.24, 2.45) is 0 Å². The van der Waals surface area contributed by atoms with Crippen molar-refractivity contribution in [3.63, 3.8) is 0 Å². The van der Waals surface area contributed by atoms with Gasteiger partial charge in [0.15, 0.2) is 0 Å². The highest BCUT2D eigenvalue weighted by Crippen LogP contribution is 2.51. The van der Waals surface area contributed by atoms with Crippen LogP contribution in [0.15, 0.2) is 60.7 Å². The molecule has 0 radical (unpaired) electrons. The van der Waals surface area contributed by atoms with Crippen LogP contribution in [0.5, 0.6) is 0 Å². The number of unbranched alkanes of at least 4 members (excludes halogenated alkanes) is 2. The molecule has 0 saturated heterocycles. The molecule has 0 aromatic heterocycles. The summed E-state index contributed by atoms with van der Waals surface area (Å²) in [5.74, 6) is -0.198. The first-order chi connectivity index (χ1) is 14.1. The summed E-state index contributed by atoms with van der Waals surface area (Å²) in [7, 11) is -3.72. The number of rotatable bonds is 14. The molecule has 0 atom stereocenters. The fraction of sp³-hybridized carbons (Fsp3) is 0.409. The Morgan fingerprint density at radius 2 is 1.34 bits per heavy atom. The Morgan fingerprint density at radius 1 is 0.793 bits per heavy atom. The molecule has 6 nitrogen and oxygen atoms in total. The zero-order chi connectivity index (χ0) is 20.8. The molecule has 0 heterocycles. The molecule has 29 heavy (non-hydrogen) atoms. The molecule has 158 valence electrons. The number of phosphoric ester groups is 1. The maximum Gasteiger partial charge on any atom is 0.475 e. The van der Waals surface area contributed by atoms with Crippen molar-refractivity contribution >= 4 is 13.8 Å². The lowest BCUT2D eigenvalue weighted by molar-refractivity contribution is -0.143. The number of benzene rings is 2. The second-order valence-electron chi connectivity index (χ2n) is 6.41. The van der Waals surface area contributed by atoms with Crippen molar-refractivity contribution in [2.45, 2.75) is 45.8 Å². The molecular formula is C22H29O6P. The molecule has 0 unspecified atom stereocenters. The van der Waals surface area contributed by atoms with E-state index < -0.39 is 7.82 Å². The summed E-state index contributed by atoms with van der Waals surface area (Å²) >= 11 is 0. The first-order valence-electron chi connectivity index (χ1n) is 9.88. The first kappa shape index (κ1) is 23.3. The van der Waals surface area contributed by atoms with Gasteiger partial charge in [0.2, 0.25) is 0 Å². The maximum absolute atomic E-state index is 13.0. The van der Waals surface area contributed by atoms with Crippen LogP contribution in [0.1, 0.15) is 43.7 Å². The zero-order valence-corrected chi connectivity index (χ0v) is 17.7. The lowest BCUT2D eigenvalue weighted by Gasteiger charge is -2.18. The van der Waals surface area contributed by atoms with Gasteiger partial charge in [0, 0.05) is 6.42 Å². The number of carbonyl (C=O) groups excluding carboxylic acids is 1. The van der Waals surface area contributed by atoms with Gasteiger partial charge in [-0.05, 0) is 30.9 Å². The van der Waals surface area contributed by atoms with E-state index in [4.69, 9.17) is 18.3 Å². The highest BCUT2D eigenvalue weighted by atomic mass is 31.2. The van der Waals surface area contributed by atoms with E-state index in [1.54, 1.807) is 6.92 Å². The van der Waals surface area contributed by atoms with Gasteiger partial charge in [-0.15, -0.1) is 0 Å². The van der Waals surface area contributed by atoms with E-state index >= 15 is 0 Å². The van der Waals surface area contributed by atoms with Crippen LogP contribution >= 0.6 is 7.82 Å². The number of ether oxygens (including phenoxy) is 1. The minimum absolute atomic E-state index is 0.135. The second kappa shape index (κ2) is 13.3. The normalized spacial score (nSPS) is 11.3. The number of esters is 1. The van der Waals surface area contributed by atoms with Crippen LogP contribution in [0.25, 0.3) is 0 Å². The SMILES string of the molecule is CCOC(=O)CCCCCOP(=O)(OCc1ccccc1)OCc1ccccc1. The van der Waals surface area contributed by atoms with Crippen LogP contribution in [0, 0.1) is 0 Å². The van der Waals surface area contributed by atoms with Gasteiger partial charge in [0.05, 0.1) is 26.4 Å². The topological polar surface area (TPSA) is 71.1 Å². The van der Waals surface area contributed by atoms with Gasteiger partial charge in [0.25, 0.3) is 0 Å². The Labute approximate surface area is 172 Å².